The maximum atomic E-state index is 12.0. The number of nitrogens with zero attached hydrogens (tertiary/aromatic N) is 1. The van der Waals surface area contributed by atoms with E-state index in [1.807, 2.05) is 20.8 Å². The van der Waals surface area contributed by atoms with Gasteiger partial charge in [0.25, 0.3) is 0 Å². The molecule has 0 spiro atoms. The van der Waals surface area contributed by atoms with Gasteiger partial charge in [-0.3, -0.25) is 9.69 Å². The monoisotopic (exact) mass is 272 g/mol. The van der Waals surface area contributed by atoms with Crippen molar-refractivity contribution in [2.45, 2.75) is 33.4 Å². The zero-order valence-corrected chi connectivity index (χ0v) is 12.6. The lowest BCUT2D eigenvalue weighted by Gasteiger charge is -2.22. The second kappa shape index (κ2) is 4.88. The Hall–Kier alpha value is -1.35. The lowest BCUT2D eigenvalue weighted by Crippen LogP contribution is -2.40. The van der Waals surface area contributed by atoms with Crippen LogP contribution in [0.1, 0.15) is 26.3 Å². The molecule has 0 bridgehead atoms. The van der Waals surface area contributed by atoms with Crippen molar-refractivity contribution >= 4 is 5.91 Å². The second-order valence-corrected chi connectivity index (χ2v) is 7.26. The van der Waals surface area contributed by atoms with E-state index in [0.29, 0.717) is 17.9 Å². The van der Waals surface area contributed by atoms with Crippen molar-refractivity contribution < 1.29 is 4.79 Å². The zero-order chi connectivity index (χ0) is 14.3. The third-order valence-electron chi connectivity index (χ3n) is 4.50. The largest absolute Gasteiger partial charge is 0.352 e. The molecule has 2 unspecified atom stereocenters. The van der Waals surface area contributed by atoms with Gasteiger partial charge in [0.2, 0.25) is 5.91 Å². The summed E-state index contributed by atoms with van der Waals surface area (Å²) < 4.78 is 0. The first-order valence-electron chi connectivity index (χ1n) is 7.52. The van der Waals surface area contributed by atoms with Crippen LogP contribution in [0.3, 0.4) is 0 Å². The van der Waals surface area contributed by atoms with Gasteiger partial charge in [-0.2, -0.15) is 0 Å². The molecule has 3 heteroatoms. The third-order valence-corrected chi connectivity index (χ3v) is 4.50. The van der Waals surface area contributed by atoms with Crippen LogP contribution in [0.25, 0.3) is 0 Å². The van der Waals surface area contributed by atoms with Crippen molar-refractivity contribution in [2.75, 3.05) is 13.1 Å². The molecule has 1 saturated carbocycles. The van der Waals surface area contributed by atoms with Crippen LogP contribution in [-0.2, 0) is 11.3 Å². The normalized spacial score (nSPS) is 29.1. The zero-order valence-electron chi connectivity index (χ0n) is 12.6. The van der Waals surface area contributed by atoms with Gasteiger partial charge in [-0.1, -0.05) is 51.1 Å². The Morgan fingerprint density at radius 2 is 1.80 bits per heavy atom. The topological polar surface area (TPSA) is 32.3 Å². The maximum Gasteiger partial charge on any atom is 0.225 e. The van der Waals surface area contributed by atoms with Gasteiger partial charge in [0.05, 0.1) is 0 Å². The van der Waals surface area contributed by atoms with Crippen LogP contribution in [-0.4, -0.2) is 29.9 Å². The molecular weight excluding hydrogens is 248 g/mol. The van der Waals surface area contributed by atoms with Crippen LogP contribution in [0.4, 0.5) is 0 Å². The third kappa shape index (κ3) is 2.73. The van der Waals surface area contributed by atoms with Crippen molar-refractivity contribution in [3.05, 3.63) is 35.9 Å². The highest BCUT2D eigenvalue weighted by molar-refractivity contribution is 5.82. The van der Waals surface area contributed by atoms with Gasteiger partial charge in [-0.25, -0.2) is 0 Å². The van der Waals surface area contributed by atoms with Gasteiger partial charge in [0, 0.05) is 31.1 Å². The molecule has 2 fully saturated rings. The number of hydrogen-bond acceptors (Lipinski definition) is 2. The molecule has 1 N–H and O–H groups in total. The van der Waals surface area contributed by atoms with Crippen LogP contribution in [0.5, 0.6) is 0 Å². The van der Waals surface area contributed by atoms with Crippen LogP contribution in [0, 0.1) is 17.3 Å². The second-order valence-electron chi connectivity index (χ2n) is 7.26. The predicted octanol–water partition coefficient (Wildman–Crippen LogP) is 2.28. The lowest BCUT2D eigenvalue weighted by atomic mass is 9.95. The first-order valence-corrected chi connectivity index (χ1v) is 7.52. The van der Waals surface area contributed by atoms with Gasteiger partial charge in [0.1, 0.15) is 0 Å². The number of likely N-dealkylation sites (tertiary alicyclic amines) is 1. The average Bonchev–Trinajstić information content (AvgIpc) is 2.84. The van der Waals surface area contributed by atoms with Gasteiger partial charge in [0.15, 0.2) is 0 Å². The van der Waals surface area contributed by atoms with E-state index in [1.165, 1.54) is 5.56 Å². The smallest absolute Gasteiger partial charge is 0.225 e. The van der Waals surface area contributed by atoms with Crippen molar-refractivity contribution in [1.82, 2.24) is 10.2 Å². The van der Waals surface area contributed by atoms with Crippen molar-refractivity contribution in [3.63, 3.8) is 0 Å². The van der Waals surface area contributed by atoms with Gasteiger partial charge >= 0.3 is 0 Å². The molecule has 20 heavy (non-hydrogen) atoms. The fourth-order valence-electron chi connectivity index (χ4n) is 3.17. The average molecular weight is 272 g/mol. The number of rotatable bonds is 3. The van der Waals surface area contributed by atoms with E-state index < -0.39 is 0 Å². The minimum Gasteiger partial charge on any atom is -0.352 e. The number of benzene rings is 1. The molecule has 2 atom stereocenters. The number of carbonyl (C=O) groups is 1. The number of piperidine rings is 1. The Morgan fingerprint density at radius 3 is 2.35 bits per heavy atom. The van der Waals surface area contributed by atoms with Crippen LogP contribution < -0.4 is 5.32 Å². The lowest BCUT2D eigenvalue weighted by molar-refractivity contribution is -0.128. The highest BCUT2D eigenvalue weighted by atomic mass is 16.2. The van der Waals surface area contributed by atoms with E-state index in [2.05, 4.69) is 40.5 Å². The van der Waals surface area contributed by atoms with Crippen LogP contribution >= 0.6 is 0 Å². The molecule has 1 saturated heterocycles. The van der Waals surface area contributed by atoms with Crippen LogP contribution in [0.2, 0.25) is 0 Å². The fraction of sp³-hybridized carbons (Fsp3) is 0.588. The summed E-state index contributed by atoms with van der Waals surface area (Å²) in [5, 5.41) is 3.21. The van der Waals surface area contributed by atoms with Crippen molar-refractivity contribution in [3.8, 4) is 0 Å². The molecule has 1 aliphatic heterocycles. The van der Waals surface area contributed by atoms with Gasteiger partial charge < -0.3 is 5.32 Å². The summed E-state index contributed by atoms with van der Waals surface area (Å²) in [7, 11) is 0. The van der Waals surface area contributed by atoms with E-state index in [-0.39, 0.29) is 11.3 Å². The molecule has 1 aromatic rings. The molecule has 1 aromatic carbocycles. The molecule has 1 aliphatic carbocycles. The number of carbonyl (C=O) groups excluding carboxylic acids is 1. The van der Waals surface area contributed by atoms with E-state index in [1.54, 1.807) is 0 Å². The quantitative estimate of drug-likeness (QED) is 0.915. The Balaban J connectivity index is 1.48. The molecule has 108 valence electrons. The number of nitrogens with one attached hydrogen (secondary N) is 1. The first kappa shape index (κ1) is 13.6. The van der Waals surface area contributed by atoms with Crippen molar-refractivity contribution in [1.29, 1.82) is 0 Å². The minimum absolute atomic E-state index is 0.187. The Bertz CT molecular complexity index is 479. The summed E-state index contributed by atoms with van der Waals surface area (Å²) in [6.45, 7) is 9.20. The standard InChI is InChI=1S/C17H24N2O/c1-17(2,3)16(20)18-15-13-10-19(11-14(13)15)9-12-7-5-4-6-8-12/h4-8,13-15H,9-11H2,1-3H3,(H,18,20). The van der Waals surface area contributed by atoms with E-state index in [0.717, 1.165) is 19.6 Å². The number of fused-ring (bicyclic) bond motifs is 1. The van der Waals surface area contributed by atoms with Crippen LogP contribution in [0.15, 0.2) is 30.3 Å². The van der Waals surface area contributed by atoms with Gasteiger partial charge in [-0.15, -0.1) is 0 Å². The Morgan fingerprint density at radius 1 is 1.20 bits per heavy atom. The summed E-state index contributed by atoms with van der Waals surface area (Å²) in [6.07, 6.45) is 0. The van der Waals surface area contributed by atoms with E-state index >= 15 is 0 Å². The van der Waals surface area contributed by atoms with Crippen molar-refractivity contribution in [2.24, 2.45) is 17.3 Å². The molecule has 3 rings (SSSR count). The molecule has 3 nitrogen and oxygen atoms in total. The summed E-state index contributed by atoms with van der Waals surface area (Å²) in [5.74, 6) is 1.53. The SMILES string of the molecule is CC(C)(C)C(=O)NC1C2CN(Cc3ccccc3)CC21. The molecule has 1 amide bonds. The summed E-state index contributed by atoms with van der Waals surface area (Å²) in [5.41, 5.74) is 1.10. The molecule has 0 aromatic heterocycles. The number of hydrogen-bond donors (Lipinski definition) is 1. The highest BCUT2D eigenvalue weighted by Crippen LogP contribution is 2.46. The summed E-state index contributed by atoms with van der Waals surface area (Å²) >= 11 is 0. The number of amides is 1. The molecule has 2 aliphatic rings. The van der Waals surface area contributed by atoms with E-state index in [9.17, 15) is 4.79 Å². The highest BCUT2D eigenvalue weighted by Gasteiger charge is 2.56. The summed E-state index contributed by atoms with van der Waals surface area (Å²) in [4.78, 5) is 14.5. The summed E-state index contributed by atoms with van der Waals surface area (Å²) in [6, 6.07) is 11.0. The molecule has 1 heterocycles. The molecule has 0 radical (unpaired) electrons. The predicted molar refractivity (Wildman–Crippen MR) is 80.1 cm³/mol. The minimum atomic E-state index is -0.277. The maximum absolute atomic E-state index is 12.0. The Labute approximate surface area is 121 Å². The fourth-order valence-corrected chi connectivity index (χ4v) is 3.17. The van der Waals surface area contributed by atoms with E-state index in [4.69, 9.17) is 0 Å². The molecular formula is C17H24N2O. The Kier molecular flexibility index (Phi) is 3.33. The van der Waals surface area contributed by atoms with Gasteiger partial charge in [-0.05, 0) is 17.4 Å². The first-order chi connectivity index (χ1) is 9.45.